The molecule has 0 saturated carbocycles. The first kappa shape index (κ1) is 11.7. The number of furan rings is 1. The van der Waals surface area contributed by atoms with Gasteiger partial charge in [-0.1, -0.05) is 0 Å². The van der Waals surface area contributed by atoms with Crippen molar-refractivity contribution in [2.45, 2.75) is 13.0 Å². The summed E-state index contributed by atoms with van der Waals surface area (Å²) in [6.07, 6.45) is 2.10. The minimum Gasteiger partial charge on any atom is -0.478 e. The molecule has 1 aliphatic heterocycles. The second-order valence-corrected chi connectivity index (χ2v) is 4.02. The highest BCUT2D eigenvalue weighted by Gasteiger charge is 2.17. The summed E-state index contributed by atoms with van der Waals surface area (Å²) in [5.41, 5.74) is 0.138. The van der Waals surface area contributed by atoms with Gasteiger partial charge in [-0.15, -0.1) is 0 Å². The Morgan fingerprint density at radius 1 is 1.59 bits per heavy atom. The van der Waals surface area contributed by atoms with Crippen LogP contribution in [0.25, 0.3) is 0 Å². The number of aromatic carboxylic acids is 1. The third-order valence-corrected chi connectivity index (χ3v) is 2.62. The first-order valence-electron chi connectivity index (χ1n) is 5.45. The van der Waals surface area contributed by atoms with E-state index in [4.69, 9.17) is 9.52 Å². The van der Waals surface area contributed by atoms with Crippen molar-refractivity contribution in [2.75, 3.05) is 19.6 Å². The zero-order valence-electron chi connectivity index (χ0n) is 9.31. The van der Waals surface area contributed by atoms with Crippen LogP contribution in [0.5, 0.6) is 0 Å². The lowest BCUT2D eigenvalue weighted by molar-refractivity contribution is -0.121. The molecule has 6 heteroatoms. The molecule has 2 heterocycles. The monoisotopic (exact) mass is 238 g/mol. The minimum absolute atomic E-state index is 0.00693. The van der Waals surface area contributed by atoms with Gasteiger partial charge in [0.05, 0.1) is 18.7 Å². The van der Waals surface area contributed by atoms with Crippen molar-refractivity contribution in [2.24, 2.45) is 0 Å². The van der Waals surface area contributed by atoms with Crippen LogP contribution in [0.3, 0.4) is 0 Å². The van der Waals surface area contributed by atoms with Gasteiger partial charge in [0.15, 0.2) is 0 Å². The Balaban J connectivity index is 1.98. The van der Waals surface area contributed by atoms with Crippen molar-refractivity contribution in [3.63, 3.8) is 0 Å². The molecule has 0 atom stereocenters. The topological polar surface area (TPSA) is 82.8 Å². The second-order valence-electron chi connectivity index (χ2n) is 4.02. The average Bonchev–Trinajstić information content (AvgIpc) is 2.63. The molecule has 1 aliphatic rings. The molecule has 2 N–H and O–H groups in total. The number of nitrogens with one attached hydrogen (secondary N) is 1. The predicted molar refractivity (Wildman–Crippen MR) is 58.6 cm³/mol. The first-order valence-corrected chi connectivity index (χ1v) is 5.45. The Kier molecular flexibility index (Phi) is 3.43. The molecule has 0 unspecified atom stereocenters. The molecule has 17 heavy (non-hydrogen) atoms. The number of rotatable bonds is 3. The third-order valence-electron chi connectivity index (χ3n) is 2.62. The predicted octanol–water partition coefficient (Wildman–Crippen LogP) is 0.300. The van der Waals surface area contributed by atoms with E-state index in [1.807, 2.05) is 4.90 Å². The van der Waals surface area contributed by atoms with E-state index in [2.05, 4.69) is 5.32 Å². The van der Waals surface area contributed by atoms with E-state index in [0.717, 1.165) is 13.0 Å². The molecule has 1 aromatic heterocycles. The van der Waals surface area contributed by atoms with Crippen molar-refractivity contribution < 1.29 is 19.1 Å². The quantitative estimate of drug-likeness (QED) is 0.791. The first-order chi connectivity index (χ1) is 8.15. The maximum absolute atomic E-state index is 11.3. The van der Waals surface area contributed by atoms with Gasteiger partial charge < -0.3 is 14.8 Å². The Hall–Kier alpha value is -1.82. The van der Waals surface area contributed by atoms with E-state index in [9.17, 15) is 9.59 Å². The second kappa shape index (κ2) is 5.01. The van der Waals surface area contributed by atoms with Crippen LogP contribution in [-0.2, 0) is 11.3 Å². The van der Waals surface area contributed by atoms with Crippen molar-refractivity contribution in [3.05, 3.63) is 23.7 Å². The number of carboxylic acids is 1. The molecule has 92 valence electrons. The van der Waals surface area contributed by atoms with Crippen LogP contribution in [0, 0.1) is 0 Å². The largest absolute Gasteiger partial charge is 0.478 e. The number of hydrogen-bond acceptors (Lipinski definition) is 4. The lowest BCUT2D eigenvalue weighted by Crippen LogP contribution is -2.32. The maximum atomic E-state index is 11.3. The molecule has 0 radical (unpaired) electrons. The molecule has 1 saturated heterocycles. The summed E-state index contributed by atoms with van der Waals surface area (Å²) in [7, 11) is 0. The highest BCUT2D eigenvalue weighted by molar-refractivity contribution is 5.87. The number of hydrogen-bond donors (Lipinski definition) is 2. The van der Waals surface area contributed by atoms with Gasteiger partial charge >= 0.3 is 5.97 Å². The van der Waals surface area contributed by atoms with Crippen LogP contribution in [-0.4, -0.2) is 41.5 Å². The lowest BCUT2D eigenvalue weighted by Gasteiger charge is -2.16. The zero-order valence-corrected chi connectivity index (χ0v) is 9.31. The van der Waals surface area contributed by atoms with Crippen LogP contribution in [0.2, 0.25) is 0 Å². The zero-order chi connectivity index (χ0) is 12.3. The summed E-state index contributed by atoms with van der Waals surface area (Å²) in [6, 6.07) is 1.49. The maximum Gasteiger partial charge on any atom is 0.338 e. The van der Waals surface area contributed by atoms with E-state index < -0.39 is 5.97 Å². The van der Waals surface area contributed by atoms with Crippen molar-refractivity contribution in [3.8, 4) is 0 Å². The Morgan fingerprint density at radius 3 is 3.12 bits per heavy atom. The van der Waals surface area contributed by atoms with Crippen LogP contribution in [0.15, 0.2) is 16.7 Å². The molecule has 0 bridgehead atoms. The van der Waals surface area contributed by atoms with Crippen LogP contribution >= 0.6 is 0 Å². The van der Waals surface area contributed by atoms with Crippen LogP contribution in [0.1, 0.15) is 22.5 Å². The van der Waals surface area contributed by atoms with Gasteiger partial charge in [0, 0.05) is 13.1 Å². The highest BCUT2D eigenvalue weighted by Crippen LogP contribution is 2.11. The summed E-state index contributed by atoms with van der Waals surface area (Å²) >= 11 is 0. The molecular formula is C11H14N2O4. The van der Waals surface area contributed by atoms with Crippen LogP contribution in [0.4, 0.5) is 0 Å². The molecule has 1 aromatic rings. The summed E-state index contributed by atoms with van der Waals surface area (Å²) < 4.78 is 5.15. The van der Waals surface area contributed by atoms with Crippen LogP contribution < -0.4 is 5.32 Å². The van der Waals surface area contributed by atoms with E-state index in [-0.39, 0.29) is 11.5 Å². The van der Waals surface area contributed by atoms with E-state index in [0.29, 0.717) is 25.4 Å². The minimum atomic E-state index is -1.01. The van der Waals surface area contributed by atoms with Gasteiger partial charge in [-0.2, -0.15) is 0 Å². The smallest absolute Gasteiger partial charge is 0.338 e. The van der Waals surface area contributed by atoms with Gasteiger partial charge in [0.2, 0.25) is 5.91 Å². The van der Waals surface area contributed by atoms with Gasteiger partial charge in [-0.05, 0) is 12.5 Å². The fourth-order valence-electron chi connectivity index (χ4n) is 1.80. The number of carbonyl (C=O) groups excluding carboxylic acids is 1. The van der Waals surface area contributed by atoms with Gasteiger partial charge in [-0.25, -0.2) is 4.79 Å². The SMILES string of the molecule is O=C1CN(Cc2cc(C(=O)O)co2)CCCN1. The fraction of sp³-hybridized carbons (Fsp3) is 0.455. The molecule has 6 nitrogen and oxygen atoms in total. The van der Waals surface area contributed by atoms with E-state index in [1.165, 1.54) is 12.3 Å². The lowest BCUT2D eigenvalue weighted by atomic mass is 10.3. The molecule has 0 aromatic carbocycles. The summed E-state index contributed by atoms with van der Waals surface area (Å²) in [6.45, 7) is 2.26. The molecule has 0 aliphatic carbocycles. The van der Waals surface area contributed by atoms with Crippen molar-refractivity contribution in [1.29, 1.82) is 0 Å². The van der Waals surface area contributed by atoms with Gasteiger partial charge in [0.1, 0.15) is 12.0 Å². The number of carboxylic acid groups (broad SMARTS) is 1. The normalized spacial score (nSPS) is 17.5. The molecule has 1 amide bonds. The van der Waals surface area contributed by atoms with Crippen molar-refractivity contribution in [1.82, 2.24) is 10.2 Å². The summed E-state index contributed by atoms with van der Waals surface area (Å²) in [5, 5.41) is 11.5. The van der Waals surface area contributed by atoms with Crippen molar-refractivity contribution >= 4 is 11.9 Å². The Morgan fingerprint density at radius 2 is 2.41 bits per heavy atom. The molecule has 1 fully saturated rings. The molecule has 0 spiro atoms. The standard InChI is InChI=1S/C11H14N2O4/c14-10-6-13(3-1-2-12-10)5-9-4-8(7-17-9)11(15)16/h4,7H,1-3,5-6H2,(H,12,14)(H,15,16). The highest BCUT2D eigenvalue weighted by atomic mass is 16.4. The molecule has 2 rings (SSSR count). The Bertz CT molecular complexity index is 427. The van der Waals surface area contributed by atoms with Gasteiger partial charge in [-0.3, -0.25) is 9.69 Å². The number of carbonyl (C=O) groups is 2. The summed E-state index contributed by atoms with van der Waals surface area (Å²) in [4.78, 5) is 23.9. The fourth-order valence-corrected chi connectivity index (χ4v) is 1.80. The average molecular weight is 238 g/mol. The van der Waals surface area contributed by atoms with Gasteiger partial charge in [0.25, 0.3) is 0 Å². The molecular weight excluding hydrogens is 224 g/mol. The summed E-state index contributed by atoms with van der Waals surface area (Å²) in [5.74, 6) is -0.446. The van der Waals surface area contributed by atoms with E-state index in [1.54, 1.807) is 0 Å². The van der Waals surface area contributed by atoms with E-state index >= 15 is 0 Å². The third kappa shape index (κ3) is 3.07. The Labute approximate surface area is 98.2 Å². The number of amides is 1. The number of nitrogens with zero attached hydrogens (tertiary/aromatic N) is 1.